The molecule has 1 aromatic heterocycles. The Morgan fingerprint density at radius 1 is 1.23 bits per heavy atom. The molecule has 0 unspecified atom stereocenters. The van der Waals surface area contributed by atoms with E-state index in [2.05, 4.69) is 16.4 Å². The van der Waals surface area contributed by atoms with Gasteiger partial charge in [-0.2, -0.15) is 5.26 Å². The number of rotatable bonds is 7. The molecule has 39 heavy (non-hydrogen) atoms. The van der Waals surface area contributed by atoms with E-state index in [4.69, 9.17) is 9.84 Å². The van der Waals surface area contributed by atoms with Crippen molar-refractivity contribution in [2.75, 3.05) is 18.2 Å². The minimum atomic E-state index is -3.36. The number of carboxylic acid groups (broad SMARTS) is 1. The molecule has 1 spiro atoms. The van der Waals surface area contributed by atoms with Crippen molar-refractivity contribution < 1.29 is 27.9 Å². The number of carboxylic acids is 1. The molecule has 3 aromatic rings. The molecular formula is C29H25N3O6S. The number of ether oxygens (including phenoxy) is 1. The number of pyridine rings is 1. The highest BCUT2D eigenvalue weighted by Gasteiger charge is 2.61. The lowest BCUT2D eigenvalue weighted by molar-refractivity contribution is -0.131. The van der Waals surface area contributed by atoms with Crippen LogP contribution in [0.15, 0.2) is 71.8 Å². The quantitative estimate of drug-likeness (QED) is 0.427. The first-order valence-corrected chi connectivity index (χ1v) is 14.2. The molecule has 0 saturated heterocycles. The number of fused-ring (bicyclic) bond motifs is 2. The molecule has 1 fully saturated rings. The van der Waals surface area contributed by atoms with E-state index in [9.17, 15) is 23.3 Å². The average molecular weight is 544 g/mol. The number of hydrogen-bond acceptors (Lipinski definition) is 7. The van der Waals surface area contributed by atoms with Crippen LogP contribution in [0.4, 0.5) is 5.69 Å². The summed E-state index contributed by atoms with van der Waals surface area (Å²) < 4.78 is 29.5. The highest BCUT2D eigenvalue weighted by Crippen LogP contribution is 2.61. The molecule has 0 radical (unpaired) electrons. The second kappa shape index (κ2) is 10.0. The molecule has 2 aliphatic rings. The summed E-state index contributed by atoms with van der Waals surface area (Å²) in [5.41, 5.74) is 3.48. The standard InChI is InChI=1S/C29H25N3O6S/c1-39(36,37)21-8-9-24(31-17-21)20-7-10-26-22(14-20)29(11-12-38-26)15-23(29)28(35)32-25-13-18(16-30)5-6-19(25)3-2-4-27(33)34/h2,4-10,13-14,17,23H,3,11-12,15H2,1H3,(H,32,35)(H,33,34)/t23-,29-/m0/s1. The minimum absolute atomic E-state index is 0.140. The van der Waals surface area contributed by atoms with E-state index in [-0.39, 0.29) is 23.1 Å². The highest BCUT2D eigenvalue weighted by molar-refractivity contribution is 7.90. The highest BCUT2D eigenvalue weighted by atomic mass is 32.2. The number of hydrogen-bond donors (Lipinski definition) is 2. The maximum absolute atomic E-state index is 13.5. The zero-order chi connectivity index (χ0) is 27.8. The van der Waals surface area contributed by atoms with Crippen molar-refractivity contribution >= 4 is 27.4 Å². The van der Waals surface area contributed by atoms with E-state index < -0.39 is 21.2 Å². The lowest BCUT2D eigenvalue weighted by Crippen LogP contribution is -2.27. The number of amides is 1. The second-order valence-corrected chi connectivity index (χ2v) is 11.8. The summed E-state index contributed by atoms with van der Waals surface area (Å²) in [5.74, 6) is -0.848. The number of nitrogens with zero attached hydrogens (tertiary/aromatic N) is 2. The molecule has 2 N–H and O–H groups in total. The third-order valence-corrected chi connectivity index (χ3v) is 8.37. The number of allylic oxidation sites excluding steroid dienone is 1. The van der Waals surface area contributed by atoms with E-state index in [0.717, 1.165) is 23.5 Å². The summed E-state index contributed by atoms with van der Waals surface area (Å²) in [7, 11) is -3.36. The number of carbonyl (C=O) groups excluding carboxylic acids is 1. The topological polar surface area (TPSA) is 146 Å². The van der Waals surface area contributed by atoms with Crippen LogP contribution in [0.3, 0.4) is 0 Å². The van der Waals surface area contributed by atoms with Crippen LogP contribution in [0.25, 0.3) is 11.3 Å². The van der Waals surface area contributed by atoms with Gasteiger partial charge in [-0.1, -0.05) is 12.1 Å². The van der Waals surface area contributed by atoms with Crippen LogP contribution in [-0.4, -0.2) is 43.2 Å². The Kier molecular flexibility index (Phi) is 6.70. The first kappa shape index (κ1) is 26.1. The molecule has 10 heteroatoms. The van der Waals surface area contributed by atoms with Gasteiger partial charge >= 0.3 is 5.97 Å². The zero-order valence-corrected chi connectivity index (χ0v) is 21.9. The Bertz CT molecular complexity index is 1660. The van der Waals surface area contributed by atoms with Gasteiger partial charge in [0, 0.05) is 46.7 Å². The molecule has 198 valence electrons. The Hall–Kier alpha value is -4.49. The number of aliphatic carboxylic acids is 1. The van der Waals surface area contributed by atoms with E-state index in [1.807, 2.05) is 18.2 Å². The van der Waals surface area contributed by atoms with Crippen LogP contribution >= 0.6 is 0 Å². The first-order valence-electron chi connectivity index (χ1n) is 12.3. The lowest BCUT2D eigenvalue weighted by Gasteiger charge is -2.27. The van der Waals surface area contributed by atoms with Gasteiger partial charge < -0.3 is 15.2 Å². The monoisotopic (exact) mass is 543 g/mol. The fraction of sp³-hybridized carbons (Fsp3) is 0.241. The summed E-state index contributed by atoms with van der Waals surface area (Å²) in [6.07, 6.45) is 6.58. The number of nitriles is 1. The van der Waals surface area contributed by atoms with Crippen molar-refractivity contribution in [2.24, 2.45) is 5.92 Å². The van der Waals surface area contributed by atoms with Gasteiger partial charge in [0.2, 0.25) is 5.91 Å². The van der Waals surface area contributed by atoms with E-state index in [1.54, 1.807) is 24.3 Å². The van der Waals surface area contributed by atoms with Gasteiger partial charge in [0.05, 0.1) is 28.8 Å². The Balaban J connectivity index is 1.40. The van der Waals surface area contributed by atoms with Gasteiger partial charge in [-0.3, -0.25) is 9.78 Å². The first-order chi connectivity index (χ1) is 18.6. The van der Waals surface area contributed by atoms with Crippen molar-refractivity contribution in [2.45, 2.75) is 29.6 Å². The van der Waals surface area contributed by atoms with Crippen LogP contribution in [0, 0.1) is 17.2 Å². The van der Waals surface area contributed by atoms with Crippen LogP contribution in [0.5, 0.6) is 5.75 Å². The smallest absolute Gasteiger partial charge is 0.327 e. The molecule has 1 amide bonds. The van der Waals surface area contributed by atoms with E-state index in [0.29, 0.717) is 47.7 Å². The second-order valence-electron chi connectivity index (χ2n) is 9.79. The van der Waals surface area contributed by atoms with Crippen LogP contribution in [0.1, 0.15) is 29.5 Å². The Morgan fingerprint density at radius 2 is 2.05 bits per heavy atom. The molecule has 1 aliphatic carbocycles. The summed E-state index contributed by atoms with van der Waals surface area (Å²) in [5, 5.41) is 21.2. The number of benzene rings is 2. The third-order valence-electron chi connectivity index (χ3n) is 7.27. The van der Waals surface area contributed by atoms with Crippen molar-refractivity contribution in [3.63, 3.8) is 0 Å². The Morgan fingerprint density at radius 3 is 2.74 bits per heavy atom. The number of anilines is 1. The zero-order valence-electron chi connectivity index (χ0n) is 21.0. The number of aromatic nitrogens is 1. The van der Waals surface area contributed by atoms with Gasteiger partial charge in [-0.15, -0.1) is 0 Å². The fourth-order valence-corrected chi connectivity index (χ4v) is 5.68. The molecule has 1 aliphatic heterocycles. The normalized spacial score (nSPS) is 19.6. The van der Waals surface area contributed by atoms with Crippen molar-refractivity contribution in [1.82, 2.24) is 4.98 Å². The summed E-state index contributed by atoms with van der Waals surface area (Å²) >= 11 is 0. The molecule has 1 saturated carbocycles. The summed E-state index contributed by atoms with van der Waals surface area (Å²) in [6, 6.07) is 15.9. The van der Waals surface area contributed by atoms with Crippen LogP contribution in [0.2, 0.25) is 0 Å². The van der Waals surface area contributed by atoms with Crippen molar-refractivity contribution in [1.29, 1.82) is 5.26 Å². The predicted octanol–water partition coefficient (Wildman–Crippen LogP) is 3.89. The lowest BCUT2D eigenvalue weighted by atomic mass is 9.86. The maximum atomic E-state index is 13.5. The molecule has 2 aromatic carbocycles. The molecule has 0 bridgehead atoms. The number of carbonyl (C=O) groups is 2. The largest absolute Gasteiger partial charge is 0.493 e. The summed E-state index contributed by atoms with van der Waals surface area (Å²) in [4.78, 5) is 28.8. The van der Waals surface area contributed by atoms with Gasteiger partial charge in [-0.05, 0) is 67.3 Å². The van der Waals surface area contributed by atoms with Gasteiger partial charge in [-0.25, -0.2) is 13.2 Å². The van der Waals surface area contributed by atoms with Gasteiger partial charge in [0.1, 0.15) is 5.75 Å². The van der Waals surface area contributed by atoms with Gasteiger partial charge in [0.15, 0.2) is 9.84 Å². The number of nitrogens with one attached hydrogen (secondary N) is 1. The SMILES string of the molecule is CS(=O)(=O)c1ccc(-c2ccc3c(c2)[C@]2(CCO3)C[C@H]2C(=O)Nc2cc(C#N)ccc2CC=CC(=O)O)nc1. The van der Waals surface area contributed by atoms with Gasteiger partial charge in [0.25, 0.3) is 0 Å². The molecule has 2 atom stereocenters. The molecule has 9 nitrogen and oxygen atoms in total. The number of sulfone groups is 1. The van der Waals surface area contributed by atoms with Crippen molar-refractivity contribution in [3.05, 3.63) is 83.6 Å². The van der Waals surface area contributed by atoms with Crippen LogP contribution in [-0.2, 0) is 31.3 Å². The predicted molar refractivity (Wildman–Crippen MR) is 143 cm³/mol. The van der Waals surface area contributed by atoms with Crippen molar-refractivity contribution in [3.8, 4) is 23.1 Å². The third kappa shape index (κ3) is 5.26. The molecule has 5 rings (SSSR count). The minimum Gasteiger partial charge on any atom is -0.493 e. The van der Waals surface area contributed by atoms with Crippen LogP contribution < -0.4 is 10.1 Å². The fourth-order valence-electron chi connectivity index (χ4n) is 5.12. The maximum Gasteiger partial charge on any atom is 0.327 e. The molecular weight excluding hydrogens is 518 g/mol. The van der Waals surface area contributed by atoms with E-state index in [1.165, 1.54) is 18.3 Å². The van der Waals surface area contributed by atoms with E-state index >= 15 is 0 Å². The molecule has 2 heterocycles. The Labute approximate surface area is 225 Å². The summed E-state index contributed by atoms with van der Waals surface area (Å²) in [6.45, 7) is 0.479. The average Bonchev–Trinajstić information content (AvgIpc) is 3.63.